The second-order valence-corrected chi connectivity index (χ2v) is 8.04. The molecule has 3 aromatic rings. The molecule has 1 saturated heterocycles. The molecule has 1 aromatic carbocycles. The number of carbonyl (C=O) groups excluding carboxylic acids is 1. The number of aliphatic imine (C=N–C) groups is 1. The van der Waals surface area contributed by atoms with Gasteiger partial charge in [-0.1, -0.05) is 17.3 Å². The van der Waals surface area contributed by atoms with Crippen LogP contribution in [0.5, 0.6) is 0 Å². The maximum Gasteiger partial charge on any atom is 0.409 e. The first-order valence-corrected chi connectivity index (χ1v) is 11.0. The average Bonchev–Trinajstić information content (AvgIpc) is 3.32. The summed E-state index contributed by atoms with van der Waals surface area (Å²) in [7, 11) is 3.06. The Hall–Kier alpha value is -4.47. The van der Waals surface area contributed by atoms with Gasteiger partial charge in [-0.05, 0) is 48.4 Å². The fraction of sp³-hybridized carbons (Fsp3) is 0.240. The highest BCUT2D eigenvalue weighted by molar-refractivity contribution is 5.83. The number of nitrogens with one attached hydrogen (secondary N) is 1. The number of allylic oxidation sites excluding steroid dienone is 1. The molecule has 3 heterocycles. The van der Waals surface area contributed by atoms with E-state index in [9.17, 15) is 4.79 Å². The van der Waals surface area contributed by atoms with E-state index in [0.717, 1.165) is 22.3 Å². The standard InChI is InChI=1S/C25H27N7O3/c1-16-4-5-19(23-30-24(35-31-23)20-14-32(15-20)25(33)34-3)12-17(16)6-10-28-22-13-18(7-11-29-22)21(26)8-9-27-2/h4-13,20H,14-15,26H2,1-3H3,(H,28,29)/b10-6+,21-8?,27-9?. The van der Waals surface area contributed by atoms with Crippen LogP contribution in [0.15, 0.2) is 58.3 Å². The van der Waals surface area contributed by atoms with E-state index in [-0.39, 0.29) is 12.0 Å². The molecular formula is C25H27N7O3. The van der Waals surface area contributed by atoms with E-state index in [0.29, 0.717) is 36.3 Å². The smallest absolute Gasteiger partial charge is 0.409 e. The number of ether oxygens (including phenoxy) is 1. The molecule has 0 unspecified atom stereocenters. The monoisotopic (exact) mass is 473 g/mol. The number of aromatic nitrogens is 3. The quantitative estimate of drug-likeness (QED) is 0.497. The van der Waals surface area contributed by atoms with Crippen LogP contribution >= 0.6 is 0 Å². The van der Waals surface area contributed by atoms with E-state index in [4.69, 9.17) is 15.0 Å². The lowest BCUT2D eigenvalue weighted by Crippen LogP contribution is -2.48. The minimum atomic E-state index is -0.350. The van der Waals surface area contributed by atoms with Crippen molar-refractivity contribution in [3.8, 4) is 11.4 Å². The zero-order chi connectivity index (χ0) is 24.8. The molecule has 1 aliphatic heterocycles. The maximum absolute atomic E-state index is 11.5. The predicted octanol–water partition coefficient (Wildman–Crippen LogP) is 3.69. The molecule has 2 aromatic heterocycles. The van der Waals surface area contributed by atoms with Crippen LogP contribution in [0.3, 0.4) is 0 Å². The van der Waals surface area contributed by atoms with Crippen LogP contribution in [0.2, 0.25) is 0 Å². The number of hydrogen-bond acceptors (Lipinski definition) is 9. The Kier molecular flexibility index (Phi) is 7.20. The van der Waals surface area contributed by atoms with Crippen molar-refractivity contribution in [1.82, 2.24) is 20.0 Å². The zero-order valence-electron chi connectivity index (χ0n) is 19.8. The topological polar surface area (TPSA) is 132 Å². The number of rotatable bonds is 7. The first-order chi connectivity index (χ1) is 17.0. The van der Waals surface area contributed by atoms with E-state index >= 15 is 0 Å². The van der Waals surface area contributed by atoms with E-state index in [1.54, 1.807) is 30.4 Å². The Labute approximate surface area is 203 Å². The number of likely N-dealkylation sites (tertiary alicyclic amines) is 1. The van der Waals surface area contributed by atoms with Crippen LogP contribution in [0.4, 0.5) is 10.6 Å². The van der Waals surface area contributed by atoms with Crippen LogP contribution < -0.4 is 11.1 Å². The first-order valence-electron chi connectivity index (χ1n) is 11.0. The molecule has 180 valence electrons. The molecule has 10 nitrogen and oxygen atoms in total. The summed E-state index contributed by atoms with van der Waals surface area (Å²) in [6.45, 7) is 3.04. The van der Waals surface area contributed by atoms with Gasteiger partial charge in [0.2, 0.25) is 11.7 Å². The Bertz CT molecular complexity index is 1290. The summed E-state index contributed by atoms with van der Waals surface area (Å²) in [4.78, 5) is 25.9. The molecule has 1 amide bonds. The fourth-order valence-electron chi connectivity index (χ4n) is 3.55. The number of nitrogens with zero attached hydrogens (tertiary/aromatic N) is 5. The fourth-order valence-corrected chi connectivity index (χ4v) is 3.55. The number of hydrogen-bond donors (Lipinski definition) is 2. The molecule has 3 N–H and O–H groups in total. The van der Waals surface area contributed by atoms with Gasteiger partial charge in [0.15, 0.2) is 0 Å². The number of carbonyl (C=O) groups is 1. The minimum Gasteiger partial charge on any atom is -0.453 e. The van der Waals surface area contributed by atoms with Crippen LogP contribution in [0.1, 0.15) is 28.5 Å². The zero-order valence-corrected chi connectivity index (χ0v) is 19.8. The molecule has 10 heteroatoms. The van der Waals surface area contributed by atoms with Gasteiger partial charge >= 0.3 is 6.09 Å². The number of methoxy groups -OCH3 is 1. The van der Waals surface area contributed by atoms with Crippen LogP contribution in [-0.4, -0.2) is 59.6 Å². The molecule has 0 atom stereocenters. The number of amides is 1. The minimum absolute atomic E-state index is 0.0192. The molecular weight excluding hydrogens is 446 g/mol. The molecule has 1 aliphatic rings. The molecule has 0 aliphatic carbocycles. The highest BCUT2D eigenvalue weighted by atomic mass is 16.5. The van der Waals surface area contributed by atoms with Gasteiger partial charge in [-0.15, -0.1) is 0 Å². The van der Waals surface area contributed by atoms with E-state index in [1.807, 2.05) is 49.5 Å². The maximum atomic E-state index is 11.5. The largest absolute Gasteiger partial charge is 0.453 e. The summed E-state index contributed by atoms with van der Waals surface area (Å²) in [5.41, 5.74) is 10.5. The summed E-state index contributed by atoms with van der Waals surface area (Å²) in [6.07, 6.45) is 8.51. The van der Waals surface area contributed by atoms with Gasteiger partial charge < -0.3 is 25.2 Å². The lowest BCUT2D eigenvalue weighted by atomic mass is 10.0. The van der Waals surface area contributed by atoms with Gasteiger partial charge in [0.05, 0.1) is 13.0 Å². The molecule has 0 saturated carbocycles. The predicted molar refractivity (Wildman–Crippen MR) is 135 cm³/mol. The molecule has 0 bridgehead atoms. The van der Waals surface area contributed by atoms with Crippen LogP contribution in [0.25, 0.3) is 23.2 Å². The lowest BCUT2D eigenvalue weighted by molar-refractivity contribution is 0.0804. The SMILES string of the molecule is CN=CC=C(N)c1ccnc(N/C=C/c2cc(-c3noc(C4CN(C(=O)OC)C4)n3)ccc2C)c1. The number of nitrogens with two attached hydrogens (primary N) is 1. The van der Waals surface area contributed by atoms with Crippen LogP contribution in [0, 0.1) is 6.92 Å². The van der Waals surface area contributed by atoms with E-state index < -0.39 is 0 Å². The third-order valence-electron chi connectivity index (χ3n) is 5.63. The van der Waals surface area contributed by atoms with Gasteiger partial charge in [-0.3, -0.25) is 4.99 Å². The Morgan fingerprint density at radius 2 is 2.14 bits per heavy atom. The van der Waals surface area contributed by atoms with Crippen molar-refractivity contribution in [2.24, 2.45) is 10.7 Å². The summed E-state index contributed by atoms with van der Waals surface area (Å²) >= 11 is 0. The summed E-state index contributed by atoms with van der Waals surface area (Å²) in [5, 5.41) is 7.31. The van der Waals surface area contributed by atoms with Crippen molar-refractivity contribution in [2.45, 2.75) is 12.8 Å². The highest BCUT2D eigenvalue weighted by Gasteiger charge is 2.36. The Morgan fingerprint density at radius 1 is 1.31 bits per heavy atom. The average molecular weight is 474 g/mol. The van der Waals surface area contributed by atoms with Gasteiger partial charge in [-0.25, -0.2) is 9.78 Å². The second-order valence-electron chi connectivity index (χ2n) is 8.04. The first kappa shape index (κ1) is 23.7. The van der Waals surface area contributed by atoms with Crippen molar-refractivity contribution >= 4 is 29.9 Å². The van der Waals surface area contributed by atoms with Crippen molar-refractivity contribution in [3.05, 3.63) is 71.4 Å². The van der Waals surface area contributed by atoms with Gasteiger partial charge in [0.25, 0.3) is 0 Å². The number of aryl methyl sites for hydroxylation is 1. The van der Waals surface area contributed by atoms with Crippen molar-refractivity contribution < 1.29 is 14.1 Å². The van der Waals surface area contributed by atoms with E-state index in [2.05, 4.69) is 25.4 Å². The summed E-state index contributed by atoms with van der Waals surface area (Å²) in [5.74, 6) is 1.71. The van der Waals surface area contributed by atoms with E-state index in [1.165, 1.54) is 7.11 Å². The molecule has 4 rings (SSSR count). The van der Waals surface area contributed by atoms with Crippen molar-refractivity contribution in [3.63, 3.8) is 0 Å². The molecule has 35 heavy (non-hydrogen) atoms. The normalized spacial score (nSPS) is 14.5. The summed E-state index contributed by atoms with van der Waals surface area (Å²) in [6, 6.07) is 9.67. The van der Waals surface area contributed by atoms with Crippen LogP contribution in [-0.2, 0) is 4.74 Å². The number of benzene rings is 1. The number of anilines is 1. The lowest BCUT2D eigenvalue weighted by Gasteiger charge is -2.35. The number of pyridine rings is 1. The second kappa shape index (κ2) is 10.6. The Balaban J connectivity index is 1.43. The third kappa shape index (κ3) is 5.55. The van der Waals surface area contributed by atoms with Gasteiger partial charge in [-0.2, -0.15) is 4.98 Å². The molecule has 1 fully saturated rings. The van der Waals surface area contributed by atoms with Gasteiger partial charge in [0.1, 0.15) is 5.82 Å². The third-order valence-corrected chi connectivity index (χ3v) is 5.63. The van der Waals surface area contributed by atoms with Crippen molar-refractivity contribution in [1.29, 1.82) is 0 Å². The summed E-state index contributed by atoms with van der Waals surface area (Å²) < 4.78 is 10.2. The molecule has 0 spiro atoms. The highest BCUT2D eigenvalue weighted by Crippen LogP contribution is 2.28. The van der Waals surface area contributed by atoms with Crippen molar-refractivity contribution in [2.75, 3.05) is 32.6 Å². The Morgan fingerprint density at radius 3 is 2.91 bits per heavy atom. The van der Waals surface area contributed by atoms with Gasteiger partial charge in [0, 0.05) is 55.6 Å². The molecule has 0 radical (unpaired) electrons.